The Morgan fingerprint density at radius 3 is 2.57 bits per heavy atom. The van der Waals surface area contributed by atoms with Crippen molar-refractivity contribution in [2.24, 2.45) is 5.41 Å². The van der Waals surface area contributed by atoms with E-state index in [1.165, 1.54) is 38.2 Å². The highest BCUT2D eigenvalue weighted by Gasteiger charge is 2.37. The van der Waals surface area contributed by atoms with Gasteiger partial charge in [-0.05, 0) is 74.5 Å². The van der Waals surface area contributed by atoms with Crippen LogP contribution in [0.1, 0.15) is 36.5 Å². The van der Waals surface area contributed by atoms with Gasteiger partial charge in [-0.2, -0.15) is 0 Å². The quantitative estimate of drug-likeness (QED) is 0.333. The summed E-state index contributed by atoms with van der Waals surface area (Å²) in [4.78, 5) is 14.5. The van der Waals surface area contributed by atoms with E-state index in [-0.39, 0.29) is 11.4 Å². The molecule has 1 atom stereocenters. The fraction of sp³-hybridized carbons (Fsp3) is 0.323. The molecule has 2 amide bonds. The van der Waals surface area contributed by atoms with Gasteiger partial charge in [-0.25, -0.2) is 4.79 Å². The molecule has 1 heterocycles. The minimum absolute atomic E-state index is 0.0441. The van der Waals surface area contributed by atoms with Gasteiger partial charge in [-0.15, -0.1) is 0 Å². The number of nitrogens with one attached hydrogen (secondary N) is 1. The van der Waals surface area contributed by atoms with Crippen molar-refractivity contribution in [2.75, 3.05) is 31.6 Å². The normalized spacial score (nSPS) is 19.5. The first kappa shape index (κ1) is 22.1. The summed E-state index contributed by atoms with van der Waals surface area (Å²) >= 11 is 0. The van der Waals surface area contributed by atoms with Crippen LogP contribution in [0.3, 0.4) is 0 Å². The molecule has 4 nitrogen and oxygen atoms in total. The van der Waals surface area contributed by atoms with Crippen LogP contribution < -0.4 is 5.32 Å². The summed E-state index contributed by atoms with van der Waals surface area (Å²) in [5, 5.41) is 8.47. The van der Waals surface area contributed by atoms with Crippen molar-refractivity contribution in [3.8, 4) is 0 Å². The monoisotopic (exact) mass is 464 g/mol. The van der Waals surface area contributed by atoms with E-state index in [2.05, 4.69) is 85.9 Å². The van der Waals surface area contributed by atoms with Crippen LogP contribution in [0, 0.1) is 5.41 Å². The molecule has 4 aromatic carbocycles. The Morgan fingerprint density at radius 2 is 1.71 bits per heavy atom. The number of rotatable bonds is 2. The van der Waals surface area contributed by atoms with E-state index in [1.54, 1.807) is 0 Å². The standard InChI is InChI=1S/C31H32N2O2/c1-31(2)20-28-22(11-13-26-25-9-4-3-6-21(25)10-12-27(26)28)19-29(31)23-7-5-8-24(18-23)32-30(34)33-14-16-35-17-15-33/h3-13,18,29H,14-17,19-20H2,1-2H3,(H,32,34). The van der Waals surface area contributed by atoms with Crippen LogP contribution >= 0.6 is 0 Å². The number of urea groups is 1. The van der Waals surface area contributed by atoms with E-state index in [9.17, 15) is 4.79 Å². The lowest BCUT2D eigenvalue weighted by molar-refractivity contribution is 0.0564. The zero-order valence-corrected chi connectivity index (χ0v) is 20.5. The summed E-state index contributed by atoms with van der Waals surface area (Å²) in [5.41, 5.74) is 5.19. The van der Waals surface area contributed by atoms with Crippen LogP contribution in [-0.2, 0) is 17.6 Å². The summed E-state index contributed by atoms with van der Waals surface area (Å²) in [6.07, 6.45) is 2.04. The van der Waals surface area contributed by atoms with Crippen molar-refractivity contribution in [1.82, 2.24) is 4.90 Å². The number of anilines is 1. The van der Waals surface area contributed by atoms with E-state index in [1.807, 2.05) is 11.0 Å². The van der Waals surface area contributed by atoms with Crippen LogP contribution in [0.15, 0.2) is 72.8 Å². The molecule has 4 aromatic rings. The maximum Gasteiger partial charge on any atom is 0.321 e. The first-order chi connectivity index (χ1) is 17.0. The largest absolute Gasteiger partial charge is 0.378 e. The van der Waals surface area contributed by atoms with Crippen LogP contribution in [0.4, 0.5) is 10.5 Å². The second-order valence-corrected chi connectivity index (χ2v) is 10.7. The molecule has 0 bridgehead atoms. The Labute approximate surface area is 206 Å². The zero-order chi connectivity index (χ0) is 24.0. The molecule has 1 saturated heterocycles. The van der Waals surface area contributed by atoms with Gasteiger partial charge in [0.25, 0.3) is 0 Å². The number of benzene rings is 4. The highest BCUT2D eigenvalue weighted by Crippen LogP contribution is 2.48. The maximum atomic E-state index is 12.7. The number of hydrogen-bond acceptors (Lipinski definition) is 2. The van der Waals surface area contributed by atoms with Gasteiger partial charge in [-0.3, -0.25) is 0 Å². The van der Waals surface area contributed by atoms with Gasteiger partial charge in [0.15, 0.2) is 0 Å². The fourth-order valence-corrected chi connectivity index (χ4v) is 6.04. The highest BCUT2D eigenvalue weighted by atomic mass is 16.5. The Kier molecular flexibility index (Phi) is 5.49. The molecule has 0 saturated carbocycles. The molecule has 1 unspecified atom stereocenters. The Hall–Kier alpha value is -3.37. The summed E-state index contributed by atoms with van der Waals surface area (Å²) in [5.74, 6) is 0.383. The number of hydrogen-bond donors (Lipinski definition) is 1. The summed E-state index contributed by atoms with van der Waals surface area (Å²) in [7, 11) is 0. The first-order valence-electron chi connectivity index (χ1n) is 12.7. The Morgan fingerprint density at radius 1 is 0.914 bits per heavy atom. The van der Waals surface area contributed by atoms with Crippen molar-refractivity contribution in [2.45, 2.75) is 32.6 Å². The molecule has 1 aliphatic heterocycles. The van der Waals surface area contributed by atoms with E-state index in [4.69, 9.17) is 4.74 Å². The molecule has 178 valence electrons. The number of carbonyl (C=O) groups is 1. The number of fused-ring (bicyclic) bond motifs is 5. The van der Waals surface area contributed by atoms with Crippen LogP contribution in [0.25, 0.3) is 21.5 Å². The average molecular weight is 465 g/mol. The highest BCUT2D eigenvalue weighted by molar-refractivity contribution is 6.08. The van der Waals surface area contributed by atoms with E-state index in [0.717, 1.165) is 18.5 Å². The Bertz CT molecular complexity index is 1420. The van der Waals surface area contributed by atoms with Crippen molar-refractivity contribution in [3.63, 3.8) is 0 Å². The molecule has 35 heavy (non-hydrogen) atoms. The van der Waals surface area contributed by atoms with Gasteiger partial charge >= 0.3 is 6.03 Å². The predicted octanol–water partition coefficient (Wildman–Crippen LogP) is 6.77. The molecule has 0 aromatic heterocycles. The molecule has 1 fully saturated rings. The lowest BCUT2D eigenvalue weighted by atomic mass is 9.63. The fourth-order valence-electron chi connectivity index (χ4n) is 6.04. The molecule has 0 spiro atoms. The topological polar surface area (TPSA) is 41.6 Å². The van der Waals surface area contributed by atoms with Gasteiger partial charge in [0.1, 0.15) is 0 Å². The van der Waals surface area contributed by atoms with Gasteiger partial charge < -0.3 is 15.0 Å². The third-order valence-corrected chi connectivity index (χ3v) is 7.97. The molecule has 1 N–H and O–H groups in total. The van der Waals surface area contributed by atoms with Gasteiger partial charge in [0, 0.05) is 18.8 Å². The van der Waals surface area contributed by atoms with Gasteiger partial charge in [0.2, 0.25) is 0 Å². The number of nitrogens with zero attached hydrogens (tertiary/aromatic N) is 1. The predicted molar refractivity (Wildman–Crippen MR) is 143 cm³/mol. The number of amides is 2. The van der Waals surface area contributed by atoms with Crippen LogP contribution in [0.5, 0.6) is 0 Å². The SMILES string of the molecule is CC1(C)Cc2c(ccc3c2ccc2ccccc23)CC1c1cccc(NC(=O)N2CCOCC2)c1. The molecule has 0 radical (unpaired) electrons. The maximum absolute atomic E-state index is 12.7. The number of carbonyl (C=O) groups excluding carboxylic acids is 1. The number of ether oxygens (including phenoxy) is 1. The third-order valence-electron chi connectivity index (χ3n) is 7.97. The van der Waals surface area contributed by atoms with E-state index >= 15 is 0 Å². The van der Waals surface area contributed by atoms with Crippen molar-refractivity contribution in [1.29, 1.82) is 0 Å². The van der Waals surface area contributed by atoms with Crippen LogP contribution in [0.2, 0.25) is 0 Å². The van der Waals surface area contributed by atoms with E-state index in [0.29, 0.717) is 32.2 Å². The summed E-state index contributed by atoms with van der Waals surface area (Å²) < 4.78 is 5.38. The molecule has 1 aliphatic carbocycles. The Balaban J connectivity index is 1.32. The number of morpholine rings is 1. The van der Waals surface area contributed by atoms with Crippen molar-refractivity contribution in [3.05, 3.63) is 89.5 Å². The van der Waals surface area contributed by atoms with Crippen LogP contribution in [-0.4, -0.2) is 37.2 Å². The molecular formula is C31H32N2O2. The lowest BCUT2D eigenvalue weighted by Gasteiger charge is -2.41. The minimum Gasteiger partial charge on any atom is -0.378 e. The minimum atomic E-state index is -0.0441. The van der Waals surface area contributed by atoms with Gasteiger partial charge in [-0.1, -0.05) is 74.5 Å². The van der Waals surface area contributed by atoms with Gasteiger partial charge in [0.05, 0.1) is 13.2 Å². The molecule has 4 heteroatoms. The van der Waals surface area contributed by atoms with Crippen molar-refractivity contribution < 1.29 is 9.53 Å². The second kappa shape index (κ2) is 8.69. The smallest absolute Gasteiger partial charge is 0.321 e. The molecule has 6 rings (SSSR count). The lowest BCUT2D eigenvalue weighted by Crippen LogP contribution is -2.43. The van der Waals surface area contributed by atoms with E-state index < -0.39 is 0 Å². The third kappa shape index (κ3) is 4.06. The molecular weight excluding hydrogens is 432 g/mol. The zero-order valence-electron chi connectivity index (χ0n) is 20.5. The average Bonchev–Trinajstić information content (AvgIpc) is 2.88. The summed E-state index contributed by atoms with van der Waals surface area (Å²) in [6.45, 7) is 7.27. The summed E-state index contributed by atoms with van der Waals surface area (Å²) in [6, 6.07) is 26.3. The second-order valence-electron chi connectivity index (χ2n) is 10.7. The van der Waals surface area contributed by atoms with Crippen molar-refractivity contribution >= 4 is 33.3 Å². The first-order valence-corrected chi connectivity index (χ1v) is 12.7. The molecule has 2 aliphatic rings.